The zero-order valence-corrected chi connectivity index (χ0v) is 14.9. The lowest BCUT2D eigenvalue weighted by Gasteiger charge is -2.13. The number of amides is 1. The van der Waals surface area contributed by atoms with Gasteiger partial charge in [0.15, 0.2) is 0 Å². The molecule has 0 saturated heterocycles. The van der Waals surface area contributed by atoms with Crippen molar-refractivity contribution in [2.45, 2.75) is 20.3 Å². The van der Waals surface area contributed by atoms with Gasteiger partial charge in [-0.05, 0) is 43.2 Å². The molecule has 0 fully saturated rings. The van der Waals surface area contributed by atoms with E-state index >= 15 is 0 Å². The van der Waals surface area contributed by atoms with Crippen LogP contribution >= 0.6 is 15.9 Å². The van der Waals surface area contributed by atoms with Gasteiger partial charge < -0.3 is 10.1 Å². The highest BCUT2D eigenvalue weighted by molar-refractivity contribution is 9.10. The van der Waals surface area contributed by atoms with Gasteiger partial charge in [-0.25, -0.2) is 0 Å². The summed E-state index contributed by atoms with van der Waals surface area (Å²) in [5.74, 6) is 0.163. The fraction of sp³-hybridized carbons (Fsp3) is 0.235. The third-order valence-electron chi connectivity index (χ3n) is 3.32. The van der Waals surface area contributed by atoms with Gasteiger partial charge in [0, 0.05) is 22.3 Å². The largest absolute Gasteiger partial charge is 0.493 e. The number of aryl methyl sites for hydroxylation is 1. The first-order valence-corrected chi connectivity index (χ1v) is 8.20. The average Bonchev–Trinajstić information content (AvgIpc) is 2.55. The predicted molar refractivity (Wildman–Crippen MR) is 95.7 cm³/mol. The fourth-order valence-corrected chi connectivity index (χ4v) is 2.47. The van der Waals surface area contributed by atoms with E-state index in [2.05, 4.69) is 21.2 Å². The summed E-state index contributed by atoms with van der Waals surface area (Å²) in [7, 11) is 0. The minimum atomic E-state index is -0.469. The van der Waals surface area contributed by atoms with Gasteiger partial charge in [0.2, 0.25) is 0 Å². The van der Waals surface area contributed by atoms with Gasteiger partial charge in [0.05, 0.1) is 17.1 Å². The number of nitrogens with one attached hydrogen (secondary N) is 1. The van der Waals surface area contributed by atoms with E-state index in [1.54, 1.807) is 25.1 Å². The normalized spacial score (nSPS) is 10.3. The maximum absolute atomic E-state index is 12.6. The standard InChI is InChI=1S/C17H17BrN2O4/c1-3-8-24-16-7-4-12(18)10-14(16)17(21)19-15-6-5-13(20(22)23)9-11(15)2/h4-7,9-10H,3,8H2,1-2H3,(H,19,21). The molecule has 24 heavy (non-hydrogen) atoms. The molecule has 0 unspecified atom stereocenters. The van der Waals surface area contributed by atoms with Crippen molar-refractivity contribution < 1.29 is 14.5 Å². The first-order chi connectivity index (χ1) is 11.4. The minimum absolute atomic E-state index is 0.0140. The molecule has 2 aromatic carbocycles. The smallest absolute Gasteiger partial charge is 0.269 e. The lowest BCUT2D eigenvalue weighted by atomic mass is 10.1. The number of non-ortho nitro benzene ring substituents is 1. The summed E-state index contributed by atoms with van der Waals surface area (Å²) in [4.78, 5) is 22.9. The van der Waals surface area contributed by atoms with Gasteiger partial charge in [-0.1, -0.05) is 22.9 Å². The van der Waals surface area contributed by atoms with Crippen LogP contribution in [0.15, 0.2) is 40.9 Å². The summed E-state index contributed by atoms with van der Waals surface area (Å²) >= 11 is 3.35. The molecule has 2 aromatic rings. The van der Waals surface area contributed by atoms with Crippen molar-refractivity contribution in [2.24, 2.45) is 0 Å². The molecule has 0 aromatic heterocycles. The van der Waals surface area contributed by atoms with Crippen molar-refractivity contribution in [1.82, 2.24) is 0 Å². The maximum atomic E-state index is 12.6. The molecule has 7 heteroatoms. The molecule has 0 saturated carbocycles. The summed E-state index contributed by atoms with van der Waals surface area (Å²) < 4.78 is 6.37. The SMILES string of the molecule is CCCOc1ccc(Br)cc1C(=O)Nc1ccc([N+](=O)[O-])cc1C. The lowest BCUT2D eigenvalue weighted by molar-refractivity contribution is -0.384. The quantitative estimate of drug-likeness (QED) is 0.570. The predicted octanol–water partition coefficient (Wildman–Crippen LogP) is 4.71. The number of nitro groups is 1. The molecule has 0 spiro atoms. The lowest BCUT2D eigenvalue weighted by Crippen LogP contribution is -2.15. The van der Waals surface area contributed by atoms with Crippen molar-refractivity contribution in [1.29, 1.82) is 0 Å². The monoisotopic (exact) mass is 392 g/mol. The third kappa shape index (κ3) is 4.32. The number of hydrogen-bond acceptors (Lipinski definition) is 4. The van der Waals surface area contributed by atoms with Gasteiger partial charge in [-0.3, -0.25) is 14.9 Å². The van der Waals surface area contributed by atoms with Crippen molar-refractivity contribution in [3.8, 4) is 5.75 Å². The zero-order valence-electron chi connectivity index (χ0n) is 13.3. The number of carbonyl (C=O) groups is 1. The topological polar surface area (TPSA) is 81.5 Å². The summed E-state index contributed by atoms with van der Waals surface area (Å²) in [5.41, 5.74) is 1.52. The van der Waals surface area contributed by atoms with Crippen molar-refractivity contribution in [2.75, 3.05) is 11.9 Å². The van der Waals surface area contributed by atoms with Crippen molar-refractivity contribution in [3.05, 3.63) is 62.1 Å². The van der Waals surface area contributed by atoms with Crippen LogP contribution in [0.4, 0.5) is 11.4 Å². The fourth-order valence-electron chi connectivity index (χ4n) is 2.11. The van der Waals surface area contributed by atoms with Crippen molar-refractivity contribution in [3.63, 3.8) is 0 Å². The number of benzene rings is 2. The van der Waals surface area contributed by atoms with Crippen LogP contribution < -0.4 is 10.1 Å². The van der Waals surface area contributed by atoms with E-state index in [1.165, 1.54) is 18.2 Å². The van der Waals surface area contributed by atoms with Gasteiger partial charge >= 0.3 is 0 Å². The Morgan fingerprint density at radius 3 is 2.67 bits per heavy atom. The third-order valence-corrected chi connectivity index (χ3v) is 3.81. The minimum Gasteiger partial charge on any atom is -0.493 e. The summed E-state index contributed by atoms with van der Waals surface area (Å²) in [6.07, 6.45) is 0.832. The number of anilines is 1. The number of ether oxygens (including phenoxy) is 1. The second kappa shape index (κ2) is 7.92. The Morgan fingerprint density at radius 1 is 1.29 bits per heavy atom. The number of carbonyl (C=O) groups excluding carboxylic acids is 1. The molecule has 2 rings (SSSR count). The summed E-state index contributed by atoms with van der Waals surface area (Å²) in [6.45, 7) is 4.20. The Morgan fingerprint density at radius 2 is 2.04 bits per heavy atom. The van der Waals surface area contributed by atoms with Gasteiger partial charge in [0.25, 0.3) is 11.6 Å². The number of rotatable bonds is 6. The highest BCUT2D eigenvalue weighted by atomic mass is 79.9. The van der Waals surface area contributed by atoms with E-state index < -0.39 is 4.92 Å². The van der Waals surface area contributed by atoms with E-state index in [0.717, 1.165) is 10.9 Å². The Hall–Kier alpha value is -2.41. The van der Waals surface area contributed by atoms with E-state index in [9.17, 15) is 14.9 Å². The number of halogens is 1. The Labute approximate surface area is 148 Å². The van der Waals surface area contributed by atoms with Crippen LogP contribution in [0.3, 0.4) is 0 Å². The summed E-state index contributed by atoms with van der Waals surface area (Å²) in [6, 6.07) is 9.52. The van der Waals surface area contributed by atoms with Crippen LogP contribution in [0.1, 0.15) is 29.3 Å². The van der Waals surface area contributed by atoms with E-state index in [4.69, 9.17) is 4.74 Å². The second-order valence-electron chi connectivity index (χ2n) is 5.20. The van der Waals surface area contributed by atoms with Crippen LogP contribution in [0.2, 0.25) is 0 Å². The van der Waals surface area contributed by atoms with E-state index in [1.807, 2.05) is 6.92 Å². The average molecular weight is 393 g/mol. The molecule has 6 nitrogen and oxygen atoms in total. The zero-order chi connectivity index (χ0) is 17.7. The molecular weight excluding hydrogens is 376 g/mol. The number of nitro benzene ring substituents is 1. The van der Waals surface area contributed by atoms with Crippen LogP contribution in [-0.2, 0) is 0 Å². The van der Waals surface area contributed by atoms with Gasteiger partial charge in [-0.2, -0.15) is 0 Å². The first-order valence-electron chi connectivity index (χ1n) is 7.41. The molecule has 0 bridgehead atoms. The van der Waals surface area contributed by atoms with E-state index in [0.29, 0.717) is 29.2 Å². The highest BCUT2D eigenvalue weighted by Gasteiger charge is 2.16. The molecule has 0 heterocycles. The maximum Gasteiger partial charge on any atom is 0.269 e. The number of hydrogen-bond donors (Lipinski definition) is 1. The van der Waals surface area contributed by atoms with Crippen LogP contribution in [-0.4, -0.2) is 17.4 Å². The Balaban J connectivity index is 2.26. The molecule has 0 aliphatic heterocycles. The molecule has 126 valence electrons. The molecule has 0 aliphatic carbocycles. The second-order valence-corrected chi connectivity index (χ2v) is 6.12. The van der Waals surface area contributed by atoms with E-state index in [-0.39, 0.29) is 11.6 Å². The number of nitrogens with zero attached hydrogens (tertiary/aromatic N) is 1. The molecule has 1 N–H and O–H groups in total. The van der Waals surface area contributed by atoms with Gasteiger partial charge in [-0.15, -0.1) is 0 Å². The molecule has 1 amide bonds. The van der Waals surface area contributed by atoms with Crippen molar-refractivity contribution >= 4 is 33.2 Å². The van der Waals surface area contributed by atoms with Crippen LogP contribution in [0.5, 0.6) is 5.75 Å². The molecule has 0 radical (unpaired) electrons. The molecule has 0 aliphatic rings. The summed E-state index contributed by atoms with van der Waals surface area (Å²) in [5, 5.41) is 13.6. The molecular formula is C17H17BrN2O4. The van der Waals surface area contributed by atoms with Gasteiger partial charge in [0.1, 0.15) is 5.75 Å². The first kappa shape index (κ1) is 17.9. The Bertz CT molecular complexity index is 777. The highest BCUT2D eigenvalue weighted by Crippen LogP contribution is 2.26. The van der Waals surface area contributed by atoms with Crippen LogP contribution in [0, 0.1) is 17.0 Å². The Kier molecular flexibility index (Phi) is 5.92. The molecule has 0 atom stereocenters. The van der Waals surface area contributed by atoms with Crippen LogP contribution in [0.25, 0.3) is 0 Å².